The minimum atomic E-state index is -2.59. The van der Waals surface area contributed by atoms with Gasteiger partial charge < -0.3 is 9.80 Å². The van der Waals surface area contributed by atoms with Crippen LogP contribution in [0.4, 0.5) is 8.78 Å². The molecule has 8 nitrogen and oxygen atoms in total. The number of imide groups is 1. The lowest BCUT2D eigenvalue weighted by atomic mass is 9.87. The highest BCUT2D eigenvalue weighted by atomic mass is 19.3. The molecule has 3 saturated heterocycles. The van der Waals surface area contributed by atoms with E-state index < -0.39 is 29.7 Å². The lowest BCUT2D eigenvalue weighted by Crippen LogP contribution is -2.52. The van der Waals surface area contributed by atoms with Crippen LogP contribution in [0.5, 0.6) is 0 Å². The van der Waals surface area contributed by atoms with Gasteiger partial charge in [0.1, 0.15) is 6.04 Å². The molecule has 0 radical (unpaired) electrons. The molecule has 0 aromatic heterocycles. The fourth-order valence-corrected chi connectivity index (χ4v) is 7.14. The van der Waals surface area contributed by atoms with Crippen LogP contribution in [0.1, 0.15) is 69.0 Å². The maximum absolute atomic E-state index is 13.5. The molecule has 214 valence electrons. The Balaban J connectivity index is 0.922. The number of rotatable bonds is 5. The molecule has 41 heavy (non-hydrogen) atoms. The molecule has 0 bridgehead atoms. The number of benzene rings is 2. The number of likely N-dealkylation sites (tertiary alicyclic amines) is 2. The van der Waals surface area contributed by atoms with E-state index in [1.165, 1.54) is 5.56 Å². The summed E-state index contributed by atoms with van der Waals surface area (Å²) in [6, 6.07) is 12.9. The van der Waals surface area contributed by atoms with Crippen molar-refractivity contribution in [1.29, 1.82) is 0 Å². The highest BCUT2D eigenvalue weighted by Gasteiger charge is 2.72. The lowest BCUT2D eigenvalue weighted by molar-refractivity contribution is -0.136. The molecule has 3 unspecified atom stereocenters. The Bertz CT molecular complexity index is 1420. The molecule has 2 aromatic carbocycles. The molecule has 4 heterocycles. The van der Waals surface area contributed by atoms with Crippen LogP contribution < -0.4 is 5.32 Å². The summed E-state index contributed by atoms with van der Waals surface area (Å²) in [4.78, 5) is 55.1. The molecule has 1 N–H and O–H groups in total. The highest BCUT2D eigenvalue weighted by molar-refractivity contribution is 6.05. The van der Waals surface area contributed by atoms with Gasteiger partial charge in [-0.05, 0) is 73.2 Å². The minimum absolute atomic E-state index is 0.145. The summed E-state index contributed by atoms with van der Waals surface area (Å²) < 4.78 is 26.9. The van der Waals surface area contributed by atoms with Crippen molar-refractivity contribution in [2.75, 3.05) is 26.2 Å². The number of hydrogen-bond donors (Lipinski definition) is 1. The quantitative estimate of drug-likeness (QED) is 0.566. The monoisotopic (exact) mass is 562 g/mol. The summed E-state index contributed by atoms with van der Waals surface area (Å²) >= 11 is 0. The third kappa shape index (κ3) is 4.62. The van der Waals surface area contributed by atoms with Crippen molar-refractivity contribution in [3.8, 4) is 0 Å². The van der Waals surface area contributed by atoms with Gasteiger partial charge in [0.05, 0.1) is 11.8 Å². The molecule has 4 aliphatic heterocycles. The van der Waals surface area contributed by atoms with Gasteiger partial charge in [0.25, 0.3) is 17.7 Å². The van der Waals surface area contributed by atoms with Crippen molar-refractivity contribution in [1.82, 2.24) is 20.0 Å². The zero-order valence-electron chi connectivity index (χ0n) is 22.7. The molecule has 1 saturated carbocycles. The van der Waals surface area contributed by atoms with E-state index >= 15 is 0 Å². The van der Waals surface area contributed by atoms with Crippen LogP contribution in [0.15, 0.2) is 42.5 Å². The maximum Gasteiger partial charge on any atom is 0.258 e. The van der Waals surface area contributed by atoms with E-state index in [1.54, 1.807) is 21.9 Å². The Morgan fingerprint density at radius 2 is 1.66 bits per heavy atom. The van der Waals surface area contributed by atoms with Gasteiger partial charge in [0.15, 0.2) is 0 Å². The van der Waals surface area contributed by atoms with Crippen molar-refractivity contribution in [2.24, 2.45) is 11.8 Å². The summed E-state index contributed by atoms with van der Waals surface area (Å²) in [7, 11) is 0. The van der Waals surface area contributed by atoms with Gasteiger partial charge in [-0.3, -0.25) is 29.4 Å². The fraction of sp³-hybridized carbons (Fsp3) is 0.484. The molecular weight excluding hydrogens is 530 g/mol. The van der Waals surface area contributed by atoms with Gasteiger partial charge in [-0.1, -0.05) is 24.3 Å². The third-order valence-corrected chi connectivity index (χ3v) is 9.70. The second-order valence-electron chi connectivity index (χ2n) is 12.2. The van der Waals surface area contributed by atoms with Crippen molar-refractivity contribution in [3.05, 3.63) is 70.3 Å². The molecule has 5 aliphatic rings. The Morgan fingerprint density at radius 3 is 2.34 bits per heavy atom. The second kappa shape index (κ2) is 9.72. The average molecular weight is 563 g/mol. The van der Waals surface area contributed by atoms with Crippen LogP contribution in [-0.4, -0.2) is 76.5 Å². The van der Waals surface area contributed by atoms with Crippen LogP contribution in [0.2, 0.25) is 0 Å². The normalized spacial score (nSPS) is 27.6. The summed E-state index contributed by atoms with van der Waals surface area (Å²) in [5, 5.41) is 2.35. The molecule has 1 aliphatic carbocycles. The topological polar surface area (TPSA) is 90.0 Å². The number of fused-ring (bicyclic) bond motifs is 2. The number of nitrogens with zero attached hydrogens (tertiary/aromatic N) is 3. The highest BCUT2D eigenvalue weighted by Crippen LogP contribution is 2.59. The molecule has 7 rings (SSSR count). The Labute approximate surface area is 236 Å². The van der Waals surface area contributed by atoms with Gasteiger partial charge in [-0.2, -0.15) is 0 Å². The summed E-state index contributed by atoms with van der Waals surface area (Å²) in [6.45, 7) is 3.30. The lowest BCUT2D eigenvalue weighted by Gasteiger charge is -2.32. The predicted molar refractivity (Wildman–Crippen MR) is 144 cm³/mol. The third-order valence-electron chi connectivity index (χ3n) is 9.70. The number of piperidine rings is 3. The van der Waals surface area contributed by atoms with Crippen molar-refractivity contribution >= 4 is 23.6 Å². The first-order chi connectivity index (χ1) is 19.7. The first-order valence-electron chi connectivity index (χ1n) is 14.4. The standard InChI is InChI=1S/C31H32F2N4O4/c32-31(33)24-16-36(17-25(24)31)29(40)20-3-1-18(2-4-20)14-35-11-9-19(10-12-35)21-5-6-23-22(13-21)15-37(30(23)41)26-7-8-27(38)34-28(26)39/h1-6,13,19,24-26H,7-12,14-17H2,(H,34,38,39). The molecule has 10 heteroatoms. The average Bonchev–Trinajstić information content (AvgIpc) is 3.30. The van der Waals surface area contributed by atoms with Crippen LogP contribution >= 0.6 is 0 Å². The number of carbonyl (C=O) groups is 4. The number of nitrogens with one attached hydrogen (secondary N) is 1. The Morgan fingerprint density at radius 1 is 0.951 bits per heavy atom. The van der Waals surface area contributed by atoms with Crippen molar-refractivity contribution in [3.63, 3.8) is 0 Å². The van der Waals surface area contributed by atoms with E-state index in [0.29, 0.717) is 30.0 Å². The Kier molecular flexibility index (Phi) is 6.22. The molecule has 4 amide bonds. The fourth-order valence-electron chi connectivity index (χ4n) is 7.14. The van der Waals surface area contributed by atoms with Gasteiger partial charge in [-0.25, -0.2) is 8.78 Å². The molecule has 3 atom stereocenters. The van der Waals surface area contributed by atoms with E-state index in [-0.39, 0.29) is 37.2 Å². The predicted octanol–water partition coefficient (Wildman–Crippen LogP) is 3.16. The molecule has 0 spiro atoms. The second-order valence-corrected chi connectivity index (χ2v) is 12.2. The summed E-state index contributed by atoms with van der Waals surface area (Å²) in [5.74, 6) is -4.55. The Hall–Kier alpha value is -3.66. The van der Waals surface area contributed by atoms with Crippen molar-refractivity contribution < 1.29 is 28.0 Å². The first-order valence-corrected chi connectivity index (χ1v) is 14.4. The maximum atomic E-state index is 13.5. The van der Waals surface area contributed by atoms with Gasteiger partial charge in [0, 0.05) is 43.7 Å². The number of hydrogen-bond acceptors (Lipinski definition) is 5. The van der Waals surface area contributed by atoms with Crippen LogP contribution in [0, 0.1) is 11.8 Å². The van der Waals surface area contributed by atoms with E-state index in [9.17, 15) is 28.0 Å². The number of alkyl halides is 2. The SMILES string of the molecule is O=C1CCC(N2Cc3cc(C4CCN(Cc5ccc(C(=O)N6CC7C(C6)C7(F)F)cc5)CC4)ccc3C2=O)C(=O)N1. The molecule has 4 fully saturated rings. The summed E-state index contributed by atoms with van der Waals surface area (Å²) in [5.41, 5.74) is 4.44. The molecule has 2 aromatic rings. The van der Waals surface area contributed by atoms with Crippen LogP contribution in [-0.2, 0) is 22.7 Å². The van der Waals surface area contributed by atoms with Crippen LogP contribution in [0.25, 0.3) is 0 Å². The number of carbonyl (C=O) groups excluding carboxylic acids is 4. The van der Waals surface area contributed by atoms with Gasteiger partial charge in [0.2, 0.25) is 11.8 Å². The van der Waals surface area contributed by atoms with E-state index in [0.717, 1.165) is 43.6 Å². The van der Waals surface area contributed by atoms with Crippen molar-refractivity contribution in [2.45, 2.75) is 56.7 Å². The minimum Gasteiger partial charge on any atom is -0.338 e. The summed E-state index contributed by atoms with van der Waals surface area (Å²) in [6.07, 6.45) is 2.57. The molecular formula is C31H32F2N4O4. The van der Waals surface area contributed by atoms with E-state index in [1.807, 2.05) is 24.3 Å². The van der Waals surface area contributed by atoms with Gasteiger partial charge >= 0.3 is 0 Å². The first kappa shape index (κ1) is 26.3. The zero-order chi connectivity index (χ0) is 28.5. The zero-order valence-corrected chi connectivity index (χ0v) is 22.7. The number of halogens is 2. The van der Waals surface area contributed by atoms with E-state index in [2.05, 4.69) is 16.3 Å². The van der Waals surface area contributed by atoms with Gasteiger partial charge in [-0.15, -0.1) is 0 Å². The van der Waals surface area contributed by atoms with E-state index in [4.69, 9.17) is 0 Å². The largest absolute Gasteiger partial charge is 0.338 e. The number of amides is 4. The smallest absolute Gasteiger partial charge is 0.258 e. The van der Waals surface area contributed by atoms with Crippen LogP contribution in [0.3, 0.4) is 0 Å².